The van der Waals surface area contributed by atoms with Crippen molar-refractivity contribution in [2.24, 2.45) is 0 Å². The lowest BCUT2D eigenvalue weighted by atomic mass is 9.95. The van der Waals surface area contributed by atoms with Crippen molar-refractivity contribution < 1.29 is 4.74 Å². The summed E-state index contributed by atoms with van der Waals surface area (Å²) < 4.78 is 5.94. The molecule has 3 rings (SSSR count). The molecule has 4 heteroatoms. The molecule has 0 aliphatic heterocycles. The van der Waals surface area contributed by atoms with Crippen molar-refractivity contribution in [2.75, 3.05) is 12.8 Å². The molecule has 0 atom stereocenters. The molecule has 2 N–H and O–H groups in total. The molecule has 1 aromatic heterocycles. The second kappa shape index (κ2) is 6.16. The quantitative estimate of drug-likeness (QED) is 0.666. The highest BCUT2D eigenvalue weighted by Crippen LogP contribution is 2.41. The van der Waals surface area contributed by atoms with E-state index in [0.29, 0.717) is 0 Å². The monoisotopic (exact) mass is 302 g/mol. The summed E-state index contributed by atoms with van der Waals surface area (Å²) in [5, 5.41) is 3.26. The topological polar surface area (TPSA) is 48.1 Å². The van der Waals surface area contributed by atoms with Gasteiger partial charge >= 0.3 is 0 Å². The van der Waals surface area contributed by atoms with Gasteiger partial charge < -0.3 is 10.5 Å². The number of methoxy groups -OCH3 is 1. The normalized spacial score (nSPS) is 18.3. The van der Waals surface area contributed by atoms with E-state index in [0.717, 1.165) is 34.8 Å². The van der Waals surface area contributed by atoms with E-state index in [1.807, 2.05) is 31.4 Å². The third-order valence-corrected chi connectivity index (χ3v) is 5.43. The van der Waals surface area contributed by atoms with Crippen LogP contribution in [-0.4, -0.2) is 12.1 Å². The average Bonchev–Trinajstić information content (AvgIpc) is 2.88. The smallest absolute Gasteiger partial charge is 0.125 e. The van der Waals surface area contributed by atoms with E-state index in [4.69, 9.17) is 15.5 Å². The molecule has 2 aromatic rings. The molecule has 0 spiro atoms. The van der Waals surface area contributed by atoms with E-state index in [9.17, 15) is 0 Å². The van der Waals surface area contributed by atoms with Crippen LogP contribution in [0.2, 0.25) is 0 Å². The molecule has 0 bridgehead atoms. The third-order valence-electron chi connectivity index (χ3n) is 4.40. The molecule has 1 saturated carbocycles. The van der Waals surface area contributed by atoms with Crippen molar-refractivity contribution in [1.29, 1.82) is 0 Å². The van der Waals surface area contributed by atoms with E-state index < -0.39 is 0 Å². The molecular formula is C17H22N2OS. The van der Waals surface area contributed by atoms with Gasteiger partial charge in [0.05, 0.1) is 5.69 Å². The van der Waals surface area contributed by atoms with Gasteiger partial charge in [0.15, 0.2) is 0 Å². The molecule has 3 nitrogen and oxygen atoms in total. The number of nitrogen functional groups attached to an aromatic ring is 1. The van der Waals surface area contributed by atoms with Gasteiger partial charge in [0.1, 0.15) is 10.6 Å². The fraction of sp³-hybridized carbons (Fsp3) is 0.471. The van der Waals surface area contributed by atoms with Crippen molar-refractivity contribution in [2.45, 2.75) is 44.1 Å². The van der Waals surface area contributed by atoms with Crippen LogP contribution in [0.15, 0.2) is 29.6 Å². The summed E-state index contributed by atoms with van der Waals surface area (Å²) in [6, 6.07) is 7.90. The molecule has 1 aliphatic rings. The zero-order chi connectivity index (χ0) is 14.7. The Kier molecular flexibility index (Phi) is 4.27. The van der Waals surface area contributed by atoms with Gasteiger partial charge in [0.25, 0.3) is 0 Å². The van der Waals surface area contributed by atoms with E-state index in [1.165, 1.54) is 25.7 Å². The second-order valence-electron chi connectivity index (χ2n) is 5.77. The SMILES string of the molecule is COC1(c2nc(-c3ccc(N)cc3)cs2)CCCCCC1. The minimum absolute atomic E-state index is 0.173. The largest absolute Gasteiger partial charge is 0.399 e. The first kappa shape index (κ1) is 14.5. The summed E-state index contributed by atoms with van der Waals surface area (Å²) in [7, 11) is 1.83. The van der Waals surface area contributed by atoms with Gasteiger partial charge in [-0.2, -0.15) is 0 Å². The Bertz CT molecular complexity index is 583. The Morgan fingerprint density at radius 1 is 1.10 bits per heavy atom. The lowest BCUT2D eigenvalue weighted by Crippen LogP contribution is -2.27. The van der Waals surface area contributed by atoms with Crippen LogP contribution >= 0.6 is 11.3 Å². The Hall–Kier alpha value is -1.39. The summed E-state index contributed by atoms with van der Waals surface area (Å²) in [6.45, 7) is 0. The third kappa shape index (κ3) is 2.97. The Balaban J connectivity index is 1.90. The number of anilines is 1. The molecular weight excluding hydrogens is 280 g/mol. The first-order valence-electron chi connectivity index (χ1n) is 7.61. The maximum Gasteiger partial charge on any atom is 0.125 e. The number of nitrogens with zero attached hydrogens (tertiary/aromatic N) is 1. The van der Waals surface area contributed by atoms with E-state index >= 15 is 0 Å². The molecule has 112 valence electrons. The Labute approximate surface area is 130 Å². The van der Waals surface area contributed by atoms with Crippen LogP contribution in [0.1, 0.15) is 43.5 Å². The van der Waals surface area contributed by atoms with Crippen LogP contribution in [0, 0.1) is 0 Å². The molecule has 1 heterocycles. The zero-order valence-corrected chi connectivity index (χ0v) is 13.3. The second-order valence-corrected chi connectivity index (χ2v) is 6.63. The highest BCUT2D eigenvalue weighted by Gasteiger charge is 2.35. The fourth-order valence-electron chi connectivity index (χ4n) is 3.07. The maximum absolute atomic E-state index is 5.94. The van der Waals surface area contributed by atoms with E-state index in [-0.39, 0.29) is 5.60 Å². The molecule has 0 radical (unpaired) electrons. The number of benzene rings is 1. The highest BCUT2D eigenvalue weighted by molar-refractivity contribution is 7.10. The van der Waals surface area contributed by atoms with Crippen LogP contribution in [0.4, 0.5) is 5.69 Å². The summed E-state index contributed by atoms with van der Waals surface area (Å²) in [5.41, 5.74) is 8.50. The van der Waals surface area contributed by atoms with Crippen molar-refractivity contribution in [3.8, 4) is 11.3 Å². The first-order chi connectivity index (χ1) is 10.2. The van der Waals surface area contributed by atoms with E-state index in [1.54, 1.807) is 11.3 Å². The predicted octanol–water partition coefficient (Wildman–Crippen LogP) is 4.59. The lowest BCUT2D eigenvalue weighted by molar-refractivity contribution is -0.0279. The van der Waals surface area contributed by atoms with Crippen molar-refractivity contribution in [3.63, 3.8) is 0 Å². The number of hydrogen-bond donors (Lipinski definition) is 1. The lowest BCUT2D eigenvalue weighted by Gasteiger charge is -2.29. The fourth-order valence-corrected chi connectivity index (χ4v) is 4.14. The van der Waals surface area contributed by atoms with Gasteiger partial charge in [0, 0.05) is 23.7 Å². The Morgan fingerprint density at radius 3 is 2.38 bits per heavy atom. The standard InChI is InChI=1S/C17H22N2OS/c1-20-17(10-4-2-3-5-11-17)16-19-15(12-21-16)13-6-8-14(18)9-7-13/h6-9,12H,2-5,10-11,18H2,1H3. The molecule has 1 fully saturated rings. The van der Waals surface area contributed by atoms with Crippen LogP contribution in [-0.2, 0) is 10.3 Å². The van der Waals surface area contributed by atoms with Crippen molar-refractivity contribution in [3.05, 3.63) is 34.7 Å². The van der Waals surface area contributed by atoms with Crippen LogP contribution < -0.4 is 5.73 Å². The van der Waals surface area contributed by atoms with Crippen LogP contribution in [0.25, 0.3) is 11.3 Å². The zero-order valence-electron chi connectivity index (χ0n) is 12.5. The molecule has 21 heavy (non-hydrogen) atoms. The van der Waals surface area contributed by atoms with Crippen LogP contribution in [0.5, 0.6) is 0 Å². The highest BCUT2D eigenvalue weighted by atomic mass is 32.1. The average molecular weight is 302 g/mol. The summed E-state index contributed by atoms with van der Waals surface area (Å²) >= 11 is 1.72. The molecule has 1 aromatic carbocycles. The van der Waals surface area contributed by atoms with Crippen molar-refractivity contribution >= 4 is 17.0 Å². The summed E-state index contributed by atoms with van der Waals surface area (Å²) in [5.74, 6) is 0. The molecule has 0 amide bonds. The Morgan fingerprint density at radius 2 is 1.76 bits per heavy atom. The van der Waals surface area contributed by atoms with Gasteiger partial charge in [-0.15, -0.1) is 11.3 Å². The minimum Gasteiger partial charge on any atom is -0.399 e. The van der Waals surface area contributed by atoms with Gasteiger partial charge in [-0.05, 0) is 25.0 Å². The molecule has 0 saturated heterocycles. The van der Waals surface area contributed by atoms with Gasteiger partial charge in [-0.25, -0.2) is 4.98 Å². The first-order valence-corrected chi connectivity index (χ1v) is 8.48. The summed E-state index contributed by atoms with van der Waals surface area (Å²) in [6.07, 6.45) is 7.23. The molecule has 1 aliphatic carbocycles. The number of rotatable bonds is 3. The number of nitrogens with two attached hydrogens (primary N) is 1. The van der Waals surface area contributed by atoms with Gasteiger partial charge in [-0.3, -0.25) is 0 Å². The predicted molar refractivity (Wildman–Crippen MR) is 88.4 cm³/mol. The molecule has 0 unspecified atom stereocenters. The number of thiazole rings is 1. The van der Waals surface area contributed by atoms with Crippen molar-refractivity contribution in [1.82, 2.24) is 4.98 Å². The van der Waals surface area contributed by atoms with Crippen LogP contribution in [0.3, 0.4) is 0 Å². The van der Waals surface area contributed by atoms with E-state index in [2.05, 4.69) is 5.38 Å². The number of ether oxygens (including phenoxy) is 1. The maximum atomic E-state index is 5.94. The number of hydrogen-bond acceptors (Lipinski definition) is 4. The number of aromatic nitrogens is 1. The summed E-state index contributed by atoms with van der Waals surface area (Å²) in [4.78, 5) is 4.87. The van der Waals surface area contributed by atoms with Gasteiger partial charge in [0.2, 0.25) is 0 Å². The van der Waals surface area contributed by atoms with Gasteiger partial charge in [-0.1, -0.05) is 37.8 Å². The minimum atomic E-state index is -0.173.